The zero-order valence-corrected chi connectivity index (χ0v) is 13.3. The molecule has 0 aliphatic carbocycles. The highest BCUT2D eigenvalue weighted by Gasteiger charge is 2.15. The van der Waals surface area contributed by atoms with Crippen LogP contribution in [0.4, 0.5) is 0 Å². The summed E-state index contributed by atoms with van der Waals surface area (Å²) >= 11 is 6.26. The summed E-state index contributed by atoms with van der Waals surface area (Å²) in [7, 11) is 1.86. The summed E-state index contributed by atoms with van der Waals surface area (Å²) in [6.07, 6.45) is 1.62. The molecule has 0 aliphatic rings. The molecule has 0 bridgehead atoms. The predicted molar refractivity (Wildman–Crippen MR) is 84.3 cm³/mol. The lowest BCUT2D eigenvalue weighted by Crippen LogP contribution is -2.26. The fourth-order valence-electron chi connectivity index (χ4n) is 2.54. The van der Waals surface area contributed by atoms with E-state index in [1.165, 1.54) is 16.7 Å². The number of hydrogen-bond donors (Lipinski definition) is 1. The van der Waals surface area contributed by atoms with E-state index in [4.69, 9.17) is 17.3 Å². The fourth-order valence-corrected chi connectivity index (χ4v) is 2.79. The van der Waals surface area contributed by atoms with Crippen LogP contribution in [-0.4, -0.2) is 15.8 Å². The van der Waals surface area contributed by atoms with Crippen LogP contribution in [0.25, 0.3) is 0 Å². The van der Waals surface area contributed by atoms with E-state index < -0.39 is 0 Å². The summed E-state index contributed by atoms with van der Waals surface area (Å²) in [5, 5.41) is 5.02. The Hall–Kier alpha value is -1.32. The van der Waals surface area contributed by atoms with Crippen molar-refractivity contribution < 1.29 is 0 Å². The number of rotatable bonds is 4. The van der Waals surface area contributed by atoms with Crippen molar-refractivity contribution in [2.75, 3.05) is 0 Å². The van der Waals surface area contributed by atoms with E-state index in [0.29, 0.717) is 5.15 Å². The third kappa shape index (κ3) is 3.22. The van der Waals surface area contributed by atoms with E-state index in [-0.39, 0.29) is 6.04 Å². The van der Waals surface area contributed by atoms with Crippen molar-refractivity contribution in [1.82, 2.24) is 9.78 Å². The number of hydrogen-bond acceptors (Lipinski definition) is 2. The van der Waals surface area contributed by atoms with Gasteiger partial charge in [0.05, 0.1) is 5.69 Å². The lowest BCUT2D eigenvalue weighted by Gasteiger charge is -2.14. The molecule has 20 heavy (non-hydrogen) atoms. The van der Waals surface area contributed by atoms with E-state index >= 15 is 0 Å². The van der Waals surface area contributed by atoms with E-state index in [1.54, 1.807) is 4.68 Å². The van der Waals surface area contributed by atoms with Crippen LogP contribution < -0.4 is 5.73 Å². The van der Waals surface area contributed by atoms with Crippen LogP contribution in [-0.2, 0) is 19.9 Å². The largest absolute Gasteiger partial charge is 0.327 e. The number of benzene rings is 1. The van der Waals surface area contributed by atoms with Crippen LogP contribution >= 0.6 is 11.6 Å². The molecule has 0 fully saturated rings. The van der Waals surface area contributed by atoms with E-state index in [1.807, 2.05) is 14.0 Å². The van der Waals surface area contributed by atoms with Gasteiger partial charge in [0.1, 0.15) is 5.15 Å². The van der Waals surface area contributed by atoms with Crippen molar-refractivity contribution in [3.8, 4) is 0 Å². The predicted octanol–water partition coefficient (Wildman–Crippen LogP) is 3.11. The molecule has 1 aromatic carbocycles. The number of aryl methyl sites for hydroxylation is 4. The Morgan fingerprint density at radius 2 is 1.95 bits per heavy atom. The Balaban J connectivity index is 2.13. The Kier molecular flexibility index (Phi) is 4.51. The van der Waals surface area contributed by atoms with Gasteiger partial charge in [-0.25, -0.2) is 0 Å². The lowest BCUT2D eigenvalue weighted by atomic mass is 9.96. The van der Waals surface area contributed by atoms with Crippen molar-refractivity contribution in [3.05, 3.63) is 51.3 Å². The molecule has 1 atom stereocenters. The molecular formula is C16H22ClN3. The molecule has 0 amide bonds. The first kappa shape index (κ1) is 15.1. The number of aromatic nitrogens is 2. The van der Waals surface area contributed by atoms with Gasteiger partial charge in [0.25, 0.3) is 0 Å². The topological polar surface area (TPSA) is 43.8 Å². The van der Waals surface area contributed by atoms with Gasteiger partial charge in [0.15, 0.2) is 0 Å². The molecule has 108 valence electrons. The Labute approximate surface area is 125 Å². The molecule has 3 nitrogen and oxygen atoms in total. The lowest BCUT2D eigenvalue weighted by molar-refractivity contribution is 0.660. The van der Waals surface area contributed by atoms with Crippen molar-refractivity contribution in [3.63, 3.8) is 0 Å². The van der Waals surface area contributed by atoms with Crippen molar-refractivity contribution in [2.45, 2.75) is 39.7 Å². The van der Waals surface area contributed by atoms with Crippen molar-refractivity contribution >= 4 is 11.6 Å². The summed E-state index contributed by atoms with van der Waals surface area (Å²) in [6.45, 7) is 6.21. The molecular weight excluding hydrogens is 270 g/mol. The summed E-state index contributed by atoms with van der Waals surface area (Å²) < 4.78 is 1.71. The van der Waals surface area contributed by atoms with Crippen LogP contribution in [0, 0.1) is 20.8 Å². The molecule has 0 radical (unpaired) electrons. The van der Waals surface area contributed by atoms with Gasteiger partial charge in [-0.05, 0) is 44.7 Å². The summed E-state index contributed by atoms with van der Waals surface area (Å²) in [5.41, 5.74) is 12.2. The molecule has 2 aromatic rings. The monoisotopic (exact) mass is 291 g/mol. The van der Waals surface area contributed by atoms with Gasteiger partial charge in [-0.2, -0.15) is 5.10 Å². The molecule has 1 unspecified atom stereocenters. The van der Waals surface area contributed by atoms with Crippen LogP contribution in [0.15, 0.2) is 18.2 Å². The first-order valence-corrected chi connectivity index (χ1v) is 7.26. The number of nitrogens with two attached hydrogens (primary N) is 1. The third-order valence-corrected chi connectivity index (χ3v) is 4.20. The quantitative estimate of drug-likeness (QED) is 0.940. The highest BCUT2D eigenvalue weighted by atomic mass is 35.5. The average Bonchev–Trinajstić information content (AvgIpc) is 2.61. The first-order valence-electron chi connectivity index (χ1n) is 6.88. The molecule has 0 aliphatic heterocycles. The van der Waals surface area contributed by atoms with E-state index in [9.17, 15) is 0 Å². The zero-order valence-electron chi connectivity index (χ0n) is 12.6. The zero-order chi connectivity index (χ0) is 14.9. The number of halogens is 1. The highest BCUT2D eigenvalue weighted by Crippen LogP contribution is 2.21. The van der Waals surface area contributed by atoms with Gasteiger partial charge in [-0.3, -0.25) is 4.68 Å². The standard InChI is InChI=1S/C16H22ClN3/c1-10-5-6-11(2)13(7-10)8-14(18)9-15-12(3)19-20(4)16(15)17/h5-7,14H,8-9,18H2,1-4H3. The molecule has 0 spiro atoms. The maximum absolute atomic E-state index is 6.31. The minimum absolute atomic E-state index is 0.0518. The van der Waals surface area contributed by atoms with E-state index in [0.717, 1.165) is 24.1 Å². The van der Waals surface area contributed by atoms with Gasteiger partial charge in [-0.15, -0.1) is 0 Å². The maximum Gasteiger partial charge on any atom is 0.130 e. The maximum atomic E-state index is 6.31. The fraction of sp³-hybridized carbons (Fsp3) is 0.438. The second kappa shape index (κ2) is 5.98. The smallest absolute Gasteiger partial charge is 0.130 e. The molecule has 2 rings (SSSR count). The van der Waals surface area contributed by atoms with Crippen LogP contribution in [0.5, 0.6) is 0 Å². The van der Waals surface area contributed by atoms with Crippen LogP contribution in [0.3, 0.4) is 0 Å². The van der Waals surface area contributed by atoms with Crippen LogP contribution in [0.2, 0.25) is 5.15 Å². The average molecular weight is 292 g/mol. The normalized spacial score (nSPS) is 12.7. The van der Waals surface area contributed by atoms with Gasteiger partial charge in [0, 0.05) is 18.7 Å². The molecule has 1 aromatic heterocycles. The van der Waals surface area contributed by atoms with Gasteiger partial charge >= 0.3 is 0 Å². The Bertz CT molecular complexity index is 616. The Morgan fingerprint density at radius 1 is 1.25 bits per heavy atom. The van der Waals surface area contributed by atoms with Crippen LogP contribution in [0.1, 0.15) is 27.9 Å². The molecule has 1 heterocycles. The molecule has 0 saturated heterocycles. The Morgan fingerprint density at radius 3 is 2.55 bits per heavy atom. The molecule has 2 N–H and O–H groups in total. The van der Waals surface area contributed by atoms with Gasteiger partial charge in [-0.1, -0.05) is 35.4 Å². The van der Waals surface area contributed by atoms with E-state index in [2.05, 4.69) is 37.1 Å². The SMILES string of the molecule is Cc1ccc(C)c(CC(N)Cc2c(C)nn(C)c2Cl)c1. The highest BCUT2D eigenvalue weighted by molar-refractivity contribution is 6.30. The third-order valence-electron chi connectivity index (χ3n) is 3.72. The van der Waals surface area contributed by atoms with Crippen molar-refractivity contribution in [2.24, 2.45) is 12.8 Å². The second-order valence-corrected chi connectivity index (χ2v) is 5.93. The summed E-state index contributed by atoms with van der Waals surface area (Å²) in [5.74, 6) is 0. The second-order valence-electron chi connectivity index (χ2n) is 5.58. The number of nitrogens with zero attached hydrogens (tertiary/aromatic N) is 2. The minimum atomic E-state index is 0.0518. The summed E-state index contributed by atoms with van der Waals surface area (Å²) in [4.78, 5) is 0. The summed E-state index contributed by atoms with van der Waals surface area (Å²) in [6, 6.07) is 6.55. The first-order chi connectivity index (χ1) is 9.38. The minimum Gasteiger partial charge on any atom is -0.327 e. The van der Waals surface area contributed by atoms with Crippen molar-refractivity contribution in [1.29, 1.82) is 0 Å². The van der Waals surface area contributed by atoms with Gasteiger partial charge < -0.3 is 5.73 Å². The van der Waals surface area contributed by atoms with Gasteiger partial charge in [0.2, 0.25) is 0 Å². The molecule has 0 saturated carbocycles. The molecule has 4 heteroatoms.